The molecule has 1 saturated heterocycles. The highest BCUT2D eigenvalue weighted by Crippen LogP contribution is 2.31. The molecule has 0 unspecified atom stereocenters. The number of aliphatic hydroxyl groups is 1. The number of rotatable bonds is 7. The van der Waals surface area contributed by atoms with E-state index in [4.69, 9.17) is 9.84 Å². The zero-order valence-corrected chi connectivity index (χ0v) is 9.87. The predicted molar refractivity (Wildman–Crippen MR) is 57.6 cm³/mol. The van der Waals surface area contributed by atoms with E-state index in [1.54, 1.807) is 11.8 Å². The summed E-state index contributed by atoms with van der Waals surface area (Å²) in [5, 5.41) is 9.10. The molecular formula is C10H17F3O2S. The van der Waals surface area contributed by atoms with Crippen LogP contribution in [-0.4, -0.2) is 42.6 Å². The van der Waals surface area contributed by atoms with Crippen LogP contribution < -0.4 is 0 Å². The van der Waals surface area contributed by atoms with E-state index in [-0.39, 0.29) is 18.4 Å². The van der Waals surface area contributed by atoms with Gasteiger partial charge in [0, 0.05) is 17.6 Å². The molecule has 16 heavy (non-hydrogen) atoms. The van der Waals surface area contributed by atoms with E-state index in [0.717, 1.165) is 11.5 Å². The van der Waals surface area contributed by atoms with Crippen LogP contribution in [0.3, 0.4) is 0 Å². The Hall–Kier alpha value is 0.0600. The second kappa shape index (κ2) is 6.12. The van der Waals surface area contributed by atoms with Crippen molar-refractivity contribution >= 4 is 11.8 Å². The molecule has 0 aliphatic carbocycles. The van der Waals surface area contributed by atoms with Gasteiger partial charge in [-0.05, 0) is 18.6 Å². The van der Waals surface area contributed by atoms with Crippen molar-refractivity contribution in [1.29, 1.82) is 0 Å². The van der Waals surface area contributed by atoms with Crippen LogP contribution >= 0.6 is 11.8 Å². The van der Waals surface area contributed by atoms with Crippen LogP contribution in [0.25, 0.3) is 0 Å². The van der Waals surface area contributed by atoms with Crippen LogP contribution in [-0.2, 0) is 4.74 Å². The van der Waals surface area contributed by atoms with Crippen LogP contribution in [0.5, 0.6) is 0 Å². The van der Waals surface area contributed by atoms with Gasteiger partial charge in [-0.15, -0.1) is 0 Å². The lowest BCUT2D eigenvalue weighted by atomic mass is 9.90. The molecule has 2 nitrogen and oxygen atoms in total. The molecule has 1 fully saturated rings. The Morgan fingerprint density at radius 3 is 2.38 bits per heavy atom. The van der Waals surface area contributed by atoms with Crippen LogP contribution in [0.1, 0.15) is 19.3 Å². The van der Waals surface area contributed by atoms with Crippen LogP contribution in [0.2, 0.25) is 0 Å². The lowest BCUT2D eigenvalue weighted by Gasteiger charge is -2.39. The first-order valence-corrected chi connectivity index (χ1v) is 6.46. The molecule has 0 aromatic heterocycles. The van der Waals surface area contributed by atoms with Gasteiger partial charge in [0.2, 0.25) is 0 Å². The summed E-state index contributed by atoms with van der Waals surface area (Å²) < 4.78 is 40.5. The third-order valence-corrected chi connectivity index (χ3v) is 3.95. The smallest absolute Gasteiger partial charge is 0.389 e. The molecule has 1 heterocycles. The molecule has 1 aliphatic rings. The average Bonchev–Trinajstić information content (AvgIpc) is 2.13. The Kier molecular flexibility index (Phi) is 5.40. The third kappa shape index (κ3) is 4.93. The normalized spacial score (nSPS) is 19.5. The van der Waals surface area contributed by atoms with E-state index >= 15 is 0 Å². The van der Waals surface area contributed by atoms with Crippen molar-refractivity contribution in [2.75, 3.05) is 31.3 Å². The van der Waals surface area contributed by atoms with E-state index in [0.29, 0.717) is 19.6 Å². The number of unbranched alkanes of at least 4 members (excludes halogenated alkanes) is 1. The predicted octanol–water partition coefficient (Wildman–Crippen LogP) is 2.46. The summed E-state index contributed by atoms with van der Waals surface area (Å²) in [6, 6.07) is 0. The third-order valence-electron chi connectivity index (χ3n) is 2.56. The van der Waals surface area contributed by atoms with Gasteiger partial charge in [-0.1, -0.05) is 0 Å². The Morgan fingerprint density at radius 1 is 1.25 bits per heavy atom. The fourth-order valence-corrected chi connectivity index (χ4v) is 2.67. The summed E-state index contributed by atoms with van der Waals surface area (Å²) >= 11 is 1.60. The van der Waals surface area contributed by atoms with Gasteiger partial charge < -0.3 is 9.84 Å². The average molecular weight is 258 g/mol. The molecule has 1 rings (SSSR count). The lowest BCUT2D eigenvalue weighted by molar-refractivity contribution is -0.135. The number of thioether (sulfide) groups is 1. The fourth-order valence-electron chi connectivity index (χ4n) is 1.43. The molecule has 0 saturated carbocycles. The van der Waals surface area contributed by atoms with Crippen LogP contribution in [0, 0.1) is 5.41 Å². The molecule has 0 bridgehead atoms. The van der Waals surface area contributed by atoms with Crippen molar-refractivity contribution in [3.05, 3.63) is 0 Å². The maximum absolute atomic E-state index is 11.8. The first-order chi connectivity index (χ1) is 7.47. The molecule has 0 amide bonds. The van der Waals surface area contributed by atoms with Crippen LogP contribution in [0.15, 0.2) is 0 Å². The molecule has 0 atom stereocenters. The second-order valence-corrected chi connectivity index (χ2v) is 5.38. The largest absolute Gasteiger partial charge is 0.396 e. The van der Waals surface area contributed by atoms with Crippen molar-refractivity contribution < 1.29 is 23.0 Å². The first kappa shape index (κ1) is 14.1. The minimum atomic E-state index is -4.03. The van der Waals surface area contributed by atoms with Crippen molar-refractivity contribution in [1.82, 2.24) is 0 Å². The van der Waals surface area contributed by atoms with Crippen molar-refractivity contribution in [3.8, 4) is 0 Å². The Labute approximate surface area is 97.5 Å². The van der Waals surface area contributed by atoms with Crippen molar-refractivity contribution in [2.24, 2.45) is 5.41 Å². The van der Waals surface area contributed by atoms with E-state index < -0.39 is 12.6 Å². The van der Waals surface area contributed by atoms with E-state index in [1.165, 1.54) is 0 Å². The lowest BCUT2D eigenvalue weighted by Crippen LogP contribution is -2.47. The van der Waals surface area contributed by atoms with Crippen molar-refractivity contribution in [2.45, 2.75) is 25.4 Å². The molecular weight excluding hydrogens is 241 g/mol. The van der Waals surface area contributed by atoms with Crippen molar-refractivity contribution in [3.63, 3.8) is 0 Å². The maximum atomic E-state index is 11.8. The topological polar surface area (TPSA) is 29.5 Å². The summed E-state index contributed by atoms with van der Waals surface area (Å²) in [7, 11) is 0. The highest BCUT2D eigenvalue weighted by molar-refractivity contribution is 7.99. The molecule has 96 valence electrons. The van der Waals surface area contributed by atoms with Gasteiger partial charge in [-0.25, -0.2) is 0 Å². The number of alkyl halides is 3. The molecule has 6 heteroatoms. The molecule has 0 aromatic carbocycles. The number of ether oxygens (including phenoxy) is 1. The number of aliphatic hydroxyl groups excluding tert-OH is 1. The Bertz CT molecular complexity index is 199. The summed E-state index contributed by atoms with van der Waals surface area (Å²) in [6.07, 6.45) is -3.95. The van der Waals surface area contributed by atoms with Gasteiger partial charge in [0.05, 0.1) is 19.8 Å². The van der Waals surface area contributed by atoms with Gasteiger partial charge >= 0.3 is 6.18 Å². The van der Waals surface area contributed by atoms with Gasteiger partial charge in [0.1, 0.15) is 0 Å². The van der Waals surface area contributed by atoms with Gasteiger partial charge in [0.25, 0.3) is 0 Å². The van der Waals surface area contributed by atoms with E-state index in [9.17, 15) is 13.2 Å². The highest BCUT2D eigenvalue weighted by Gasteiger charge is 2.37. The molecule has 0 aromatic rings. The standard InChI is InChI=1S/C10H17F3O2S/c11-10(12,13)3-1-2-4-16-8-9(5-14)6-15-7-9/h14H,1-8H2. The monoisotopic (exact) mass is 258 g/mol. The molecule has 0 radical (unpaired) electrons. The van der Waals surface area contributed by atoms with Crippen LogP contribution in [0.4, 0.5) is 13.2 Å². The second-order valence-electron chi connectivity index (χ2n) is 4.28. The van der Waals surface area contributed by atoms with E-state index in [1.807, 2.05) is 0 Å². The summed E-state index contributed by atoms with van der Waals surface area (Å²) in [4.78, 5) is 0. The van der Waals surface area contributed by atoms with E-state index in [2.05, 4.69) is 0 Å². The first-order valence-electron chi connectivity index (χ1n) is 5.31. The minimum absolute atomic E-state index is 0.0998. The Morgan fingerprint density at radius 2 is 1.94 bits per heavy atom. The van der Waals surface area contributed by atoms with Gasteiger partial charge in [-0.2, -0.15) is 24.9 Å². The highest BCUT2D eigenvalue weighted by atomic mass is 32.2. The minimum Gasteiger partial charge on any atom is -0.396 e. The zero-order chi connectivity index (χ0) is 12.1. The summed E-state index contributed by atoms with van der Waals surface area (Å²) in [6.45, 7) is 1.24. The molecule has 0 spiro atoms. The molecule has 1 N–H and O–H groups in total. The SMILES string of the molecule is OCC1(CSCCCCC(F)(F)F)COC1. The Balaban J connectivity index is 1.96. The maximum Gasteiger partial charge on any atom is 0.389 e. The zero-order valence-electron chi connectivity index (χ0n) is 9.05. The number of hydrogen-bond donors (Lipinski definition) is 1. The molecule has 1 aliphatic heterocycles. The summed E-state index contributed by atoms with van der Waals surface area (Å²) in [5.74, 6) is 1.49. The number of hydrogen-bond acceptors (Lipinski definition) is 3. The summed E-state index contributed by atoms with van der Waals surface area (Å²) in [5.41, 5.74) is -0.130. The fraction of sp³-hybridized carbons (Fsp3) is 1.00. The number of halogens is 3. The van der Waals surface area contributed by atoms with Gasteiger partial charge in [-0.3, -0.25) is 0 Å². The quantitative estimate of drug-likeness (QED) is 0.711. The van der Waals surface area contributed by atoms with Gasteiger partial charge in [0.15, 0.2) is 0 Å².